The quantitative estimate of drug-likeness (QED) is 0.548. The molecular weight excluding hydrogens is 266 g/mol. The second-order valence-corrected chi connectivity index (χ2v) is 4.77. The van der Waals surface area contributed by atoms with Gasteiger partial charge in [0.25, 0.3) is 5.56 Å². The molecule has 0 amide bonds. The Balaban J connectivity index is 2.28. The molecule has 1 heterocycles. The third-order valence-corrected chi connectivity index (χ3v) is 3.24. The molecule has 20 heavy (non-hydrogen) atoms. The molecular formula is C12H15N3O5. The summed E-state index contributed by atoms with van der Waals surface area (Å²) in [4.78, 5) is 46.8. The highest BCUT2D eigenvalue weighted by Gasteiger charge is 2.32. The van der Waals surface area contributed by atoms with E-state index in [0.717, 1.165) is 22.0 Å². The molecule has 1 aromatic rings. The van der Waals surface area contributed by atoms with Crippen LogP contribution in [0.2, 0.25) is 0 Å². The summed E-state index contributed by atoms with van der Waals surface area (Å²) in [5.74, 6) is -1.53. The monoisotopic (exact) mass is 281 g/mol. The standard InChI is InChI=1S/C12H15N3O5/c1-14-9(13)8(10(17)15(2)12(14)19)7(16)5-20-11(18)6-3-4-6/h6H,3-5,13H2,1-2H3. The predicted octanol–water partition coefficient (Wildman–Crippen LogP) is -1.20. The van der Waals surface area contributed by atoms with Crippen molar-refractivity contribution in [3.63, 3.8) is 0 Å². The smallest absolute Gasteiger partial charge is 0.332 e. The van der Waals surface area contributed by atoms with E-state index in [-0.39, 0.29) is 17.3 Å². The number of nitrogen functional groups attached to an aromatic ring is 1. The van der Waals surface area contributed by atoms with Gasteiger partial charge >= 0.3 is 11.7 Å². The summed E-state index contributed by atoms with van der Waals surface area (Å²) in [6.07, 6.45) is 1.52. The van der Waals surface area contributed by atoms with E-state index in [1.165, 1.54) is 14.1 Å². The van der Waals surface area contributed by atoms with Crippen LogP contribution in [0.4, 0.5) is 5.82 Å². The van der Waals surface area contributed by atoms with E-state index in [1.54, 1.807) is 0 Å². The highest BCUT2D eigenvalue weighted by atomic mass is 16.5. The molecule has 1 aliphatic carbocycles. The van der Waals surface area contributed by atoms with E-state index < -0.39 is 29.6 Å². The maximum absolute atomic E-state index is 12.0. The molecule has 108 valence electrons. The number of aromatic nitrogens is 2. The van der Waals surface area contributed by atoms with Crippen molar-refractivity contribution in [2.24, 2.45) is 20.0 Å². The number of ketones is 1. The summed E-state index contributed by atoms with van der Waals surface area (Å²) in [6.45, 7) is -0.549. The van der Waals surface area contributed by atoms with Gasteiger partial charge in [-0.3, -0.25) is 23.5 Å². The maximum atomic E-state index is 12.0. The van der Waals surface area contributed by atoms with Crippen LogP contribution in [0.15, 0.2) is 9.59 Å². The average Bonchev–Trinajstić information content (AvgIpc) is 3.25. The van der Waals surface area contributed by atoms with Crippen LogP contribution in [-0.2, 0) is 23.6 Å². The summed E-state index contributed by atoms with van der Waals surface area (Å²) in [5, 5.41) is 0. The lowest BCUT2D eigenvalue weighted by molar-refractivity contribution is -0.144. The van der Waals surface area contributed by atoms with Crippen LogP contribution in [0, 0.1) is 5.92 Å². The van der Waals surface area contributed by atoms with Gasteiger partial charge in [-0.1, -0.05) is 0 Å². The molecule has 0 saturated heterocycles. The first kappa shape index (κ1) is 14.0. The number of hydrogen-bond acceptors (Lipinski definition) is 6. The van der Waals surface area contributed by atoms with Gasteiger partial charge in [0.2, 0.25) is 5.78 Å². The largest absolute Gasteiger partial charge is 0.457 e. The van der Waals surface area contributed by atoms with Crippen LogP contribution < -0.4 is 17.0 Å². The number of nitrogens with zero attached hydrogens (tertiary/aromatic N) is 2. The number of carbonyl (C=O) groups is 2. The third-order valence-electron chi connectivity index (χ3n) is 3.24. The van der Waals surface area contributed by atoms with Crippen molar-refractivity contribution in [2.45, 2.75) is 12.8 Å². The Kier molecular flexibility index (Phi) is 3.47. The van der Waals surface area contributed by atoms with Gasteiger partial charge in [-0.15, -0.1) is 0 Å². The van der Waals surface area contributed by atoms with Gasteiger partial charge in [-0.05, 0) is 12.8 Å². The number of hydrogen-bond donors (Lipinski definition) is 1. The van der Waals surface area contributed by atoms with Gasteiger partial charge in [0.15, 0.2) is 6.61 Å². The van der Waals surface area contributed by atoms with Gasteiger partial charge in [-0.25, -0.2) is 4.79 Å². The zero-order chi connectivity index (χ0) is 15.0. The summed E-state index contributed by atoms with van der Waals surface area (Å²) in [6, 6.07) is 0. The Labute approximate surface area is 113 Å². The van der Waals surface area contributed by atoms with Crippen LogP contribution in [0.5, 0.6) is 0 Å². The summed E-state index contributed by atoms with van der Waals surface area (Å²) in [5.41, 5.74) is 3.87. The number of Topliss-reactive ketones (excluding diaryl/α,β-unsaturated/α-hetero) is 1. The molecule has 8 heteroatoms. The fourth-order valence-corrected chi connectivity index (χ4v) is 1.77. The third kappa shape index (κ3) is 2.36. The Morgan fingerprint density at radius 2 is 1.85 bits per heavy atom. The zero-order valence-electron chi connectivity index (χ0n) is 11.2. The maximum Gasteiger partial charge on any atom is 0.332 e. The summed E-state index contributed by atoms with van der Waals surface area (Å²) in [7, 11) is 2.60. The van der Waals surface area contributed by atoms with Crippen molar-refractivity contribution in [3.8, 4) is 0 Å². The lowest BCUT2D eigenvalue weighted by Crippen LogP contribution is -2.42. The van der Waals surface area contributed by atoms with Crippen LogP contribution in [0.25, 0.3) is 0 Å². The van der Waals surface area contributed by atoms with Gasteiger partial charge in [-0.2, -0.15) is 0 Å². The number of esters is 1. The summed E-state index contributed by atoms with van der Waals surface area (Å²) < 4.78 is 6.60. The molecule has 0 bridgehead atoms. The molecule has 8 nitrogen and oxygen atoms in total. The fourth-order valence-electron chi connectivity index (χ4n) is 1.77. The van der Waals surface area contributed by atoms with Crippen LogP contribution in [-0.4, -0.2) is 27.5 Å². The van der Waals surface area contributed by atoms with E-state index in [0.29, 0.717) is 0 Å². The second kappa shape index (κ2) is 4.95. The molecule has 2 N–H and O–H groups in total. The SMILES string of the molecule is Cn1c(N)c(C(=O)COC(=O)C2CC2)c(=O)n(C)c1=O. The van der Waals surface area contributed by atoms with E-state index in [4.69, 9.17) is 10.5 Å². The van der Waals surface area contributed by atoms with Crippen LogP contribution >= 0.6 is 0 Å². The molecule has 2 rings (SSSR count). The van der Waals surface area contributed by atoms with Gasteiger partial charge in [0.05, 0.1) is 5.92 Å². The van der Waals surface area contributed by atoms with Gasteiger partial charge < -0.3 is 10.5 Å². The highest BCUT2D eigenvalue weighted by Crippen LogP contribution is 2.30. The molecule has 0 spiro atoms. The van der Waals surface area contributed by atoms with E-state index in [1.807, 2.05) is 0 Å². The van der Waals surface area contributed by atoms with Gasteiger partial charge in [0, 0.05) is 14.1 Å². The zero-order valence-corrected chi connectivity index (χ0v) is 11.2. The average molecular weight is 281 g/mol. The second-order valence-electron chi connectivity index (χ2n) is 4.77. The van der Waals surface area contributed by atoms with Crippen molar-refractivity contribution >= 4 is 17.6 Å². The predicted molar refractivity (Wildman–Crippen MR) is 69.3 cm³/mol. The molecule has 0 unspecified atom stereocenters. The van der Waals surface area contributed by atoms with E-state index in [9.17, 15) is 19.2 Å². The number of carbonyl (C=O) groups excluding carboxylic acids is 2. The highest BCUT2D eigenvalue weighted by molar-refractivity contribution is 6.01. The fraction of sp³-hybridized carbons (Fsp3) is 0.500. The van der Waals surface area contributed by atoms with E-state index >= 15 is 0 Å². The number of ether oxygens (including phenoxy) is 1. The Morgan fingerprint density at radius 1 is 1.25 bits per heavy atom. The normalized spacial score (nSPS) is 14.1. The molecule has 0 atom stereocenters. The molecule has 0 aliphatic heterocycles. The van der Waals surface area contributed by atoms with Crippen LogP contribution in [0.3, 0.4) is 0 Å². The Morgan fingerprint density at radius 3 is 2.40 bits per heavy atom. The number of rotatable bonds is 4. The molecule has 0 aromatic carbocycles. The van der Waals surface area contributed by atoms with Crippen molar-refractivity contribution in [3.05, 3.63) is 26.4 Å². The molecule has 1 saturated carbocycles. The first-order chi connectivity index (χ1) is 9.34. The minimum Gasteiger partial charge on any atom is -0.457 e. The molecule has 1 aromatic heterocycles. The van der Waals surface area contributed by atoms with E-state index in [2.05, 4.69) is 0 Å². The Bertz CT molecular complexity index is 696. The molecule has 1 aliphatic rings. The number of nitrogens with two attached hydrogens (primary N) is 1. The van der Waals surface area contributed by atoms with Crippen molar-refractivity contribution in [1.29, 1.82) is 0 Å². The van der Waals surface area contributed by atoms with Crippen molar-refractivity contribution < 1.29 is 14.3 Å². The lowest BCUT2D eigenvalue weighted by atomic mass is 10.2. The minimum atomic E-state index is -0.793. The lowest BCUT2D eigenvalue weighted by Gasteiger charge is -2.10. The molecule has 1 fully saturated rings. The Hall–Kier alpha value is -2.38. The molecule has 0 radical (unpaired) electrons. The van der Waals surface area contributed by atoms with Crippen molar-refractivity contribution in [2.75, 3.05) is 12.3 Å². The van der Waals surface area contributed by atoms with Crippen LogP contribution in [0.1, 0.15) is 23.2 Å². The first-order valence-corrected chi connectivity index (χ1v) is 6.10. The first-order valence-electron chi connectivity index (χ1n) is 6.10. The topological polar surface area (TPSA) is 113 Å². The van der Waals surface area contributed by atoms with Crippen molar-refractivity contribution in [1.82, 2.24) is 9.13 Å². The minimum absolute atomic E-state index is 0.136. The summed E-state index contributed by atoms with van der Waals surface area (Å²) >= 11 is 0. The number of anilines is 1. The van der Waals surface area contributed by atoms with Gasteiger partial charge in [0.1, 0.15) is 11.4 Å².